The minimum Gasteiger partial charge on any atom is -0.166 e. The Morgan fingerprint density at radius 3 is 1.77 bits per heavy atom. The minimum absolute atomic E-state index is 0.651. The van der Waals surface area contributed by atoms with Crippen LogP contribution >= 0.6 is 0 Å². The summed E-state index contributed by atoms with van der Waals surface area (Å²) >= 11 is 0. The van der Waals surface area contributed by atoms with Crippen LogP contribution in [0.4, 0.5) is 13.2 Å². The third-order valence-electron chi connectivity index (χ3n) is 7.65. The maximum Gasteiger partial charge on any atom is 0.416 e. The van der Waals surface area contributed by atoms with Gasteiger partial charge in [0.1, 0.15) is 0 Å². The summed E-state index contributed by atoms with van der Waals surface area (Å²) in [4.78, 5) is 0. The van der Waals surface area contributed by atoms with E-state index in [0.717, 1.165) is 60.3 Å². The fraction of sp³-hybridized carbons (Fsp3) is 0.0270. The van der Waals surface area contributed by atoms with Crippen LogP contribution in [-0.4, -0.2) is 0 Å². The first kappa shape index (κ1) is 24.2. The van der Waals surface area contributed by atoms with Crippen LogP contribution in [0.15, 0.2) is 140 Å². The predicted molar refractivity (Wildman–Crippen MR) is 160 cm³/mol. The van der Waals surface area contributed by atoms with Gasteiger partial charge in [-0.25, -0.2) is 0 Å². The molecule has 0 unspecified atom stereocenters. The van der Waals surface area contributed by atoms with Crippen LogP contribution in [0.5, 0.6) is 0 Å². The average molecular weight is 525 g/mol. The Labute approximate surface area is 230 Å². The number of halogens is 3. The largest absolute Gasteiger partial charge is 0.416 e. The van der Waals surface area contributed by atoms with Crippen molar-refractivity contribution in [1.29, 1.82) is 0 Å². The molecule has 192 valence electrons. The van der Waals surface area contributed by atoms with Crippen LogP contribution in [0, 0.1) is 0 Å². The summed E-state index contributed by atoms with van der Waals surface area (Å²) in [5.41, 5.74) is 5.28. The van der Waals surface area contributed by atoms with Crippen molar-refractivity contribution in [3.8, 4) is 33.4 Å². The van der Waals surface area contributed by atoms with Crippen LogP contribution < -0.4 is 0 Å². The van der Waals surface area contributed by atoms with Crippen molar-refractivity contribution in [2.24, 2.45) is 0 Å². The molecule has 0 aliphatic rings. The molecule has 0 amide bonds. The van der Waals surface area contributed by atoms with Crippen molar-refractivity contribution in [2.75, 3.05) is 0 Å². The Kier molecular flexibility index (Phi) is 5.67. The van der Waals surface area contributed by atoms with E-state index in [0.29, 0.717) is 0 Å². The molecule has 0 aromatic heterocycles. The second kappa shape index (κ2) is 9.39. The molecule has 0 saturated carbocycles. The lowest BCUT2D eigenvalue weighted by atomic mass is 9.86. The zero-order valence-corrected chi connectivity index (χ0v) is 21.4. The van der Waals surface area contributed by atoms with Gasteiger partial charge in [0.05, 0.1) is 5.56 Å². The van der Waals surface area contributed by atoms with E-state index in [1.807, 2.05) is 36.4 Å². The van der Waals surface area contributed by atoms with E-state index >= 15 is 0 Å². The molecule has 0 saturated heterocycles. The van der Waals surface area contributed by atoms with E-state index in [-0.39, 0.29) is 0 Å². The molecule has 0 atom stereocenters. The SMILES string of the molecule is FC(F)(F)c1ccc(-c2cc(-c3ccccc3)cc3c(-c4ccc5ccccc5c4)c4ccccc4cc23)cc1. The van der Waals surface area contributed by atoms with Gasteiger partial charge in [-0.2, -0.15) is 13.2 Å². The second-order valence-corrected chi connectivity index (χ2v) is 10.1. The van der Waals surface area contributed by atoms with Gasteiger partial charge in [0.2, 0.25) is 0 Å². The maximum absolute atomic E-state index is 13.4. The molecule has 0 bridgehead atoms. The van der Waals surface area contributed by atoms with E-state index in [1.54, 1.807) is 12.1 Å². The number of fused-ring (bicyclic) bond motifs is 3. The zero-order valence-electron chi connectivity index (χ0n) is 21.4. The Hall–Kier alpha value is -4.89. The quantitative estimate of drug-likeness (QED) is 0.202. The first-order chi connectivity index (χ1) is 19.5. The number of benzene rings is 7. The van der Waals surface area contributed by atoms with Crippen molar-refractivity contribution in [3.05, 3.63) is 145 Å². The van der Waals surface area contributed by atoms with Crippen molar-refractivity contribution in [1.82, 2.24) is 0 Å². The minimum atomic E-state index is -4.38. The highest BCUT2D eigenvalue weighted by Crippen LogP contribution is 2.43. The van der Waals surface area contributed by atoms with E-state index in [1.165, 1.54) is 17.5 Å². The van der Waals surface area contributed by atoms with Crippen molar-refractivity contribution < 1.29 is 13.2 Å². The fourth-order valence-corrected chi connectivity index (χ4v) is 5.70. The molecular formula is C37H23F3. The normalized spacial score (nSPS) is 11.9. The fourth-order valence-electron chi connectivity index (χ4n) is 5.70. The smallest absolute Gasteiger partial charge is 0.166 e. The van der Waals surface area contributed by atoms with E-state index < -0.39 is 11.7 Å². The Bertz CT molecular complexity index is 2020. The Morgan fingerprint density at radius 1 is 0.375 bits per heavy atom. The highest BCUT2D eigenvalue weighted by molar-refractivity contribution is 6.17. The van der Waals surface area contributed by atoms with Crippen molar-refractivity contribution >= 4 is 32.3 Å². The molecule has 7 aromatic carbocycles. The molecule has 0 N–H and O–H groups in total. The summed E-state index contributed by atoms with van der Waals surface area (Å²) < 4.78 is 40.2. The molecule has 0 aliphatic carbocycles. The first-order valence-electron chi connectivity index (χ1n) is 13.2. The van der Waals surface area contributed by atoms with E-state index in [9.17, 15) is 13.2 Å². The monoisotopic (exact) mass is 524 g/mol. The molecule has 0 spiro atoms. The van der Waals surface area contributed by atoms with Crippen LogP contribution in [0.25, 0.3) is 65.7 Å². The Balaban J connectivity index is 1.59. The lowest BCUT2D eigenvalue weighted by molar-refractivity contribution is -0.137. The van der Waals surface area contributed by atoms with Crippen LogP contribution in [0.3, 0.4) is 0 Å². The van der Waals surface area contributed by atoms with E-state index in [2.05, 4.69) is 78.9 Å². The standard InChI is InChI=1S/C37H23F3/c38-37(39,40)31-18-16-26(17-19-31)33-22-30(24-8-2-1-3-9-24)23-35-34(33)21-28-12-6-7-13-32(28)36(35)29-15-14-25-10-4-5-11-27(25)20-29/h1-23H. The van der Waals surface area contributed by atoms with E-state index in [4.69, 9.17) is 0 Å². The maximum atomic E-state index is 13.4. The molecule has 0 nitrogen and oxygen atoms in total. The summed E-state index contributed by atoms with van der Waals surface area (Å²) in [6, 6.07) is 45.3. The topological polar surface area (TPSA) is 0 Å². The third-order valence-corrected chi connectivity index (χ3v) is 7.65. The van der Waals surface area contributed by atoms with Gasteiger partial charge >= 0.3 is 6.18 Å². The second-order valence-electron chi connectivity index (χ2n) is 10.1. The molecule has 0 radical (unpaired) electrons. The highest BCUT2D eigenvalue weighted by Gasteiger charge is 2.30. The molecule has 0 aliphatic heterocycles. The van der Waals surface area contributed by atoms with Gasteiger partial charge in [-0.3, -0.25) is 0 Å². The lowest BCUT2D eigenvalue weighted by Gasteiger charge is -2.18. The summed E-state index contributed by atoms with van der Waals surface area (Å²) in [6.45, 7) is 0. The number of rotatable bonds is 3. The number of hydrogen-bond donors (Lipinski definition) is 0. The van der Waals surface area contributed by atoms with Crippen LogP contribution in [-0.2, 0) is 6.18 Å². The molecule has 0 heterocycles. The van der Waals surface area contributed by atoms with Gasteiger partial charge < -0.3 is 0 Å². The first-order valence-corrected chi connectivity index (χ1v) is 13.2. The molecule has 7 aromatic rings. The van der Waals surface area contributed by atoms with Gasteiger partial charge in [-0.1, -0.05) is 103 Å². The van der Waals surface area contributed by atoms with Crippen LogP contribution in [0.1, 0.15) is 5.56 Å². The third kappa shape index (κ3) is 4.20. The van der Waals surface area contributed by atoms with Crippen LogP contribution in [0.2, 0.25) is 0 Å². The van der Waals surface area contributed by atoms with Gasteiger partial charge in [0.15, 0.2) is 0 Å². The average Bonchev–Trinajstić information content (AvgIpc) is 2.99. The molecule has 0 fully saturated rings. The Morgan fingerprint density at radius 2 is 1.02 bits per heavy atom. The molecule has 7 rings (SSSR count). The zero-order chi connectivity index (χ0) is 27.3. The molecule has 3 heteroatoms. The predicted octanol–water partition coefficient (Wildman–Crippen LogP) is 11.2. The number of alkyl halides is 3. The summed E-state index contributed by atoms with van der Waals surface area (Å²) in [5.74, 6) is 0. The van der Waals surface area contributed by atoms with Crippen molar-refractivity contribution in [3.63, 3.8) is 0 Å². The van der Waals surface area contributed by atoms with Gasteiger partial charge in [-0.05, 0) is 102 Å². The lowest BCUT2D eigenvalue weighted by Crippen LogP contribution is -2.04. The van der Waals surface area contributed by atoms with Gasteiger partial charge in [-0.15, -0.1) is 0 Å². The summed E-state index contributed by atoms with van der Waals surface area (Å²) in [5, 5.41) is 6.61. The summed E-state index contributed by atoms with van der Waals surface area (Å²) in [7, 11) is 0. The molecule has 40 heavy (non-hydrogen) atoms. The molecular weight excluding hydrogens is 501 g/mol. The van der Waals surface area contributed by atoms with Crippen molar-refractivity contribution in [2.45, 2.75) is 6.18 Å². The highest BCUT2D eigenvalue weighted by atomic mass is 19.4. The van der Waals surface area contributed by atoms with Gasteiger partial charge in [0, 0.05) is 0 Å². The van der Waals surface area contributed by atoms with Gasteiger partial charge in [0.25, 0.3) is 0 Å². The summed E-state index contributed by atoms with van der Waals surface area (Å²) in [6.07, 6.45) is -4.38. The number of hydrogen-bond acceptors (Lipinski definition) is 0.